The molecule has 1 heterocycles. The van der Waals surface area contributed by atoms with Crippen molar-refractivity contribution in [2.45, 2.75) is 52.4 Å². The van der Waals surface area contributed by atoms with Crippen LogP contribution >= 0.6 is 24.0 Å². The number of amides is 2. The Bertz CT molecular complexity index is 1500. The summed E-state index contributed by atoms with van der Waals surface area (Å²) < 4.78 is 32.8. The number of anilines is 1. The Morgan fingerprint density at radius 1 is 1.09 bits per heavy atom. The maximum Gasteiger partial charge on any atom is 0.256 e. The molecule has 1 aliphatic rings. The van der Waals surface area contributed by atoms with Gasteiger partial charge in [-0.2, -0.15) is 0 Å². The van der Waals surface area contributed by atoms with Crippen LogP contribution < -0.4 is 19.7 Å². The lowest BCUT2D eigenvalue weighted by Crippen LogP contribution is -2.45. The molecular formula is C35H44Cl2FN3O5. The molecule has 0 saturated carbocycles. The van der Waals surface area contributed by atoms with Crippen LogP contribution in [0.25, 0.3) is 0 Å². The van der Waals surface area contributed by atoms with E-state index in [2.05, 4.69) is 10.2 Å². The third-order valence-corrected chi connectivity index (χ3v) is 7.58. The zero-order chi connectivity index (χ0) is 32.7. The third-order valence-electron chi connectivity index (χ3n) is 7.34. The predicted octanol–water partition coefficient (Wildman–Crippen LogP) is 6.81. The van der Waals surface area contributed by atoms with Gasteiger partial charge in [0.05, 0.1) is 20.1 Å². The topological polar surface area (TPSA) is 80.3 Å². The van der Waals surface area contributed by atoms with Gasteiger partial charge in [0.2, 0.25) is 5.91 Å². The van der Waals surface area contributed by atoms with Crippen LogP contribution in [-0.4, -0.2) is 63.7 Å². The van der Waals surface area contributed by atoms with Gasteiger partial charge < -0.3 is 29.3 Å². The van der Waals surface area contributed by atoms with Crippen LogP contribution in [0.2, 0.25) is 5.02 Å². The molecule has 3 aromatic rings. The fourth-order valence-corrected chi connectivity index (χ4v) is 5.47. The van der Waals surface area contributed by atoms with Gasteiger partial charge in [0, 0.05) is 47.0 Å². The van der Waals surface area contributed by atoms with Crippen LogP contribution in [0.15, 0.2) is 60.7 Å². The molecular weight excluding hydrogens is 632 g/mol. The van der Waals surface area contributed by atoms with E-state index in [1.807, 2.05) is 59.1 Å². The molecule has 0 radical (unpaired) electrons. The first-order valence-corrected chi connectivity index (χ1v) is 15.5. The molecule has 0 aliphatic carbocycles. The van der Waals surface area contributed by atoms with Gasteiger partial charge in [0.25, 0.3) is 5.91 Å². The van der Waals surface area contributed by atoms with Crippen molar-refractivity contribution in [2.24, 2.45) is 5.41 Å². The minimum absolute atomic E-state index is 0. The standard InChI is InChI=1S/C35H43ClFN3O5.ClH/c1-35(2,3)22-40-28-16-15-24(36)19-26(28)32(25-12-9-14-29(33(25)43-6)44-18-10-17-39(4)5)45-30(34(40)42)20-31(41)38-21-23-11-7-8-13-27(23)37;/h7-9,11-16,19,30,32H,10,17-18,20-22H2,1-6H3,(H,38,41);1H/t30-,32-;/m1./s1. The first-order chi connectivity index (χ1) is 21.4. The Balaban J connectivity index is 0.00000576. The number of carbonyl (C=O) groups is 2. The smallest absolute Gasteiger partial charge is 0.256 e. The summed E-state index contributed by atoms with van der Waals surface area (Å²) in [7, 11) is 5.58. The van der Waals surface area contributed by atoms with Gasteiger partial charge >= 0.3 is 0 Å². The summed E-state index contributed by atoms with van der Waals surface area (Å²) in [6.45, 7) is 7.81. The number of halogens is 3. The molecule has 3 aromatic carbocycles. The Labute approximate surface area is 282 Å². The number of fused-ring (bicyclic) bond motifs is 1. The summed E-state index contributed by atoms with van der Waals surface area (Å²) in [5.74, 6) is -0.202. The van der Waals surface area contributed by atoms with Crippen LogP contribution in [0.4, 0.5) is 10.1 Å². The van der Waals surface area contributed by atoms with Crippen molar-refractivity contribution in [1.82, 2.24) is 10.2 Å². The van der Waals surface area contributed by atoms with E-state index in [9.17, 15) is 14.0 Å². The number of benzene rings is 3. The van der Waals surface area contributed by atoms with E-state index in [1.165, 1.54) is 6.07 Å². The van der Waals surface area contributed by atoms with Crippen molar-refractivity contribution in [3.8, 4) is 11.5 Å². The van der Waals surface area contributed by atoms with Crippen LogP contribution in [0, 0.1) is 11.2 Å². The summed E-state index contributed by atoms with van der Waals surface area (Å²) in [5, 5.41) is 3.22. The van der Waals surface area contributed by atoms with E-state index in [0.29, 0.717) is 52.1 Å². The molecule has 11 heteroatoms. The van der Waals surface area contributed by atoms with Crippen LogP contribution in [0.1, 0.15) is 56.4 Å². The SMILES string of the molecule is COc1c(OCCCN(C)C)cccc1[C@H]1O[C@H](CC(=O)NCc2ccccc2F)C(=O)N(CC(C)(C)C)c2ccc(Cl)cc21.Cl. The average Bonchev–Trinajstić information content (AvgIpc) is 3.08. The molecule has 8 nitrogen and oxygen atoms in total. The summed E-state index contributed by atoms with van der Waals surface area (Å²) in [6, 6.07) is 17.1. The minimum atomic E-state index is -1.15. The van der Waals surface area contributed by atoms with Crippen molar-refractivity contribution in [3.05, 3.63) is 88.2 Å². The number of para-hydroxylation sites is 1. The maximum atomic E-state index is 14.2. The lowest BCUT2D eigenvalue weighted by atomic mass is 9.94. The predicted molar refractivity (Wildman–Crippen MR) is 182 cm³/mol. The highest BCUT2D eigenvalue weighted by Crippen LogP contribution is 2.45. The largest absolute Gasteiger partial charge is 0.492 e. The molecule has 0 fully saturated rings. The van der Waals surface area contributed by atoms with Crippen molar-refractivity contribution >= 4 is 41.5 Å². The second kappa shape index (κ2) is 16.5. The highest BCUT2D eigenvalue weighted by Gasteiger charge is 2.40. The number of hydrogen-bond donors (Lipinski definition) is 1. The summed E-state index contributed by atoms with van der Waals surface area (Å²) in [5.41, 5.74) is 2.01. The number of rotatable bonds is 12. The monoisotopic (exact) mass is 675 g/mol. The van der Waals surface area contributed by atoms with Crippen molar-refractivity contribution in [1.29, 1.82) is 0 Å². The third kappa shape index (κ3) is 9.58. The Morgan fingerprint density at radius 3 is 2.50 bits per heavy atom. The molecule has 1 aliphatic heterocycles. The lowest BCUT2D eigenvalue weighted by Gasteiger charge is -2.31. The van der Waals surface area contributed by atoms with Gasteiger partial charge in [0.1, 0.15) is 18.0 Å². The van der Waals surface area contributed by atoms with E-state index in [4.69, 9.17) is 25.8 Å². The van der Waals surface area contributed by atoms with E-state index in [1.54, 1.807) is 42.3 Å². The zero-order valence-corrected chi connectivity index (χ0v) is 28.8. The Kier molecular flexibility index (Phi) is 13.3. The Morgan fingerprint density at radius 2 is 1.83 bits per heavy atom. The minimum Gasteiger partial charge on any atom is -0.492 e. The first-order valence-electron chi connectivity index (χ1n) is 15.1. The van der Waals surface area contributed by atoms with Gasteiger partial charge in [0.15, 0.2) is 11.5 Å². The zero-order valence-electron chi connectivity index (χ0n) is 27.3. The normalized spacial score (nSPS) is 16.4. The molecule has 2 atom stereocenters. The first kappa shape index (κ1) is 37.1. The van der Waals surface area contributed by atoms with Crippen molar-refractivity contribution in [2.75, 3.05) is 45.8 Å². The number of nitrogens with zero attached hydrogens (tertiary/aromatic N) is 2. The van der Waals surface area contributed by atoms with E-state index in [0.717, 1.165) is 13.0 Å². The summed E-state index contributed by atoms with van der Waals surface area (Å²) in [6.07, 6.45) is -1.43. The second-order valence-electron chi connectivity index (χ2n) is 12.6. The number of ether oxygens (including phenoxy) is 3. The molecule has 4 rings (SSSR count). The molecule has 2 amide bonds. The van der Waals surface area contributed by atoms with Gasteiger partial charge in [-0.15, -0.1) is 12.4 Å². The number of hydrogen-bond acceptors (Lipinski definition) is 6. The molecule has 0 unspecified atom stereocenters. The highest BCUT2D eigenvalue weighted by atomic mass is 35.5. The lowest BCUT2D eigenvalue weighted by molar-refractivity contribution is -0.138. The van der Waals surface area contributed by atoms with Crippen LogP contribution in [0.5, 0.6) is 11.5 Å². The highest BCUT2D eigenvalue weighted by molar-refractivity contribution is 6.30. The number of carbonyl (C=O) groups excluding carboxylic acids is 2. The number of nitrogens with one attached hydrogen (secondary N) is 1. The fourth-order valence-electron chi connectivity index (χ4n) is 5.29. The van der Waals surface area contributed by atoms with Crippen molar-refractivity contribution < 1.29 is 28.2 Å². The van der Waals surface area contributed by atoms with Crippen LogP contribution in [0.3, 0.4) is 0 Å². The molecule has 0 aromatic heterocycles. The Hall–Kier alpha value is -3.37. The molecule has 0 bridgehead atoms. The van der Waals surface area contributed by atoms with E-state index >= 15 is 0 Å². The quantitative estimate of drug-likeness (QED) is 0.213. The van der Waals surface area contributed by atoms with E-state index in [-0.39, 0.29) is 36.7 Å². The maximum absolute atomic E-state index is 14.2. The molecule has 46 heavy (non-hydrogen) atoms. The summed E-state index contributed by atoms with van der Waals surface area (Å²) in [4.78, 5) is 31.2. The van der Waals surface area contributed by atoms with Crippen LogP contribution in [-0.2, 0) is 20.9 Å². The molecule has 250 valence electrons. The van der Waals surface area contributed by atoms with E-state index < -0.39 is 23.9 Å². The average molecular weight is 677 g/mol. The van der Waals surface area contributed by atoms with Gasteiger partial charge in [-0.05, 0) is 56.3 Å². The van der Waals surface area contributed by atoms with Gasteiger partial charge in [-0.25, -0.2) is 4.39 Å². The molecule has 0 saturated heterocycles. The number of methoxy groups -OCH3 is 1. The molecule has 0 spiro atoms. The van der Waals surface area contributed by atoms with Gasteiger partial charge in [-0.3, -0.25) is 9.59 Å². The second-order valence-corrected chi connectivity index (χ2v) is 13.1. The summed E-state index contributed by atoms with van der Waals surface area (Å²) >= 11 is 6.53. The molecule has 1 N–H and O–H groups in total. The fraction of sp³-hybridized carbons (Fsp3) is 0.429. The van der Waals surface area contributed by atoms with Crippen molar-refractivity contribution in [3.63, 3.8) is 0 Å². The van der Waals surface area contributed by atoms with Gasteiger partial charge in [-0.1, -0.05) is 62.7 Å².